The lowest BCUT2D eigenvalue weighted by molar-refractivity contribution is -0.125. The van der Waals surface area contributed by atoms with E-state index in [1.807, 2.05) is 26.0 Å². The molecule has 4 N–H and O–H groups in total. The summed E-state index contributed by atoms with van der Waals surface area (Å²) in [7, 11) is 0. The summed E-state index contributed by atoms with van der Waals surface area (Å²) in [5, 5.41) is 2.90. The zero-order valence-corrected chi connectivity index (χ0v) is 11.1. The van der Waals surface area contributed by atoms with Gasteiger partial charge in [-0.05, 0) is 31.5 Å². The molecule has 0 spiro atoms. The van der Waals surface area contributed by atoms with E-state index in [-0.39, 0.29) is 5.91 Å². The van der Waals surface area contributed by atoms with Gasteiger partial charge in [-0.15, -0.1) is 0 Å². The van der Waals surface area contributed by atoms with Gasteiger partial charge in [0.2, 0.25) is 5.91 Å². The van der Waals surface area contributed by atoms with E-state index in [4.69, 9.17) is 5.73 Å². The molecule has 0 aliphatic rings. The smallest absolute Gasteiger partial charge is 0.230 e. The number of amides is 1. The molecule has 2 rings (SSSR count). The third kappa shape index (κ3) is 2.93. The SMILES string of the molecule is CC(C)(C(=O)NCc1cnc[nH]1)c1ccc(N)cc1. The van der Waals surface area contributed by atoms with Crippen molar-refractivity contribution in [3.05, 3.63) is 48.0 Å². The van der Waals surface area contributed by atoms with E-state index in [0.717, 1.165) is 11.3 Å². The molecule has 5 nitrogen and oxygen atoms in total. The quantitative estimate of drug-likeness (QED) is 0.728. The highest BCUT2D eigenvalue weighted by molar-refractivity contribution is 5.87. The van der Waals surface area contributed by atoms with Crippen molar-refractivity contribution in [1.29, 1.82) is 0 Å². The van der Waals surface area contributed by atoms with E-state index < -0.39 is 5.41 Å². The molecule has 0 atom stereocenters. The Hall–Kier alpha value is -2.30. The maximum Gasteiger partial charge on any atom is 0.230 e. The first-order chi connectivity index (χ1) is 9.00. The third-order valence-corrected chi connectivity index (χ3v) is 3.19. The van der Waals surface area contributed by atoms with Crippen molar-refractivity contribution >= 4 is 11.6 Å². The van der Waals surface area contributed by atoms with E-state index in [0.29, 0.717) is 12.2 Å². The molecule has 1 aromatic heterocycles. The van der Waals surface area contributed by atoms with Gasteiger partial charge in [0.1, 0.15) is 0 Å². The van der Waals surface area contributed by atoms with Crippen LogP contribution in [0.2, 0.25) is 0 Å². The van der Waals surface area contributed by atoms with Gasteiger partial charge >= 0.3 is 0 Å². The minimum atomic E-state index is -0.603. The molecular formula is C14H18N4O. The Morgan fingerprint density at radius 1 is 1.37 bits per heavy atom. The lowest BCUT2D eigenvalue weighted by Crippen LogP contribution is -2.39. The van der Waals surface area contributed by atoms with Crippen LogP contribution in [0.4, 0.5) is 5.69 Å². The van der Waals surface area contributed by atoms with Crippen molar-refractivity contribution in [1.82, 2.24) is 15.3 Å². The summed E-state index contributed by atoms with van der Waals surface area (Å²) in [5.74, 6) is -0.0353. The van der Waals surface area contributed by atoms with Gasteiger partial charge in [0.15, 0.2) is 0 Å². The Kier molecular flexibility index (Phi) is 3.55. The zero-order chi connectivity index (χ0) is 13.9. The number of imidazole rings is 1. The van der Waals surface area contributed by atoms with Gasteiger partial charge in [-0.25, -0.2) is 4.98 Å². The highest BCUT2D eigenvalue weighted by Crippen LogP contribution is 2.24. The number of hydrogen-bond donors (Lipinski definition) is 3. The van der Waals surface area contributed by atoms with Crippen molar-refractivity contribution in [2.45, 2.75) is 25.8 Å². The normalized spacial score (nSPS) is 11.3. The molecule has 1 heterocycles. The van der Waals surface area contributed by atoms with Crippen molar-refractivity contribution < 1.29 is 4.79 Å². The second-order valence-corrected chi connectivity index (χ2v) is 5.01. The summed E-state index contributed by atoms with van der Waals surface area (Å²) < 4.78 is 0. The number of H-pyrrole nitrogens is 1. The molecule has 19 heavy (non-hydrogen) atoms. The number of aromatic amines is 1. The van der Waals surface area contributed by atoms with Crippen molar-refractivity contribution in [3.8, 4) is 0 Å². The van der Waals surface area contributed by atoms with E-state index in [1.54, 1.807) is 24.7 Å². The molecular weight excluding hydrogens is 240 g/mol. The monoisotopic (exact) mass is 258 g/mol. The van der Waals surface area contributed by atoms with Gasteiger partial charge in [-0.1, -0.05) is 12.1 Å². The number of nitrogens with one attached hydrogen (secondary N) is 2. The second kappa shape index (κ2) is 5.14. The van der Waals surface area contributed by atoms with Crippen LogP contribution in [0.15, 0.2) is 36.8 Å². The number of carbonyl (C=O) groups is 1. The predicted molar refractivity (Wildman–Crippen MR) is 74.3 cm³/mol. The van der Waals surface area contributed by atoms with Crippen LogP contribution < -0.4 is 11.1 Å². The van der Waals surface area contributed by atoms with Gasteiger partial charge in [-0.3, -0.25) is 4.79 Å². The minimum absolute atomic E-state index is 0.0353. The summed E-state index contributed by atoms with van der Waals surface area (Å²) in [4.78, 5) is 19.1. The Morgan fingerprint density at radius 2 is 2.05 bits per heavy atom. The average molecular weight is 258 g/mol. The Morgan fingerprint density at radius 3 is 2.63 bits per heavy atom. The molecule has 0 saturated carbocycles. The van der Waals surface area contributed by atoms with Crippen LogP contribution in [0.5, 0.6) is 0 Å². The molecule has 0 aliphatic carbocycles. The number of carbonyl (C=O) groups excluding carboxylic acids is 1. The molecule has 1 amide bonds. The number of hydrogen-bond acceptors (Lipinski definition) is 3. The fourth-order valence-corrected chi connectivity index (χ4v) is 1.81. The van der Waals surface area contributed by atoms with Crippen LogP contribution in [0.3, 0.4) is 0 Å². The number of nitrogen functional groups attached to an aromatic ring is 1. The van der Waals surface area contributed by atoms with Crippen LogP contribution in [-0.4, -0.2) is 15.9 Å². The van der Waals surface area contributed by atoms with Gasteiger partial charge in [0, 0.05) is 11.9 Å². The van der Waals surface area contributed by atoms with Gasteiger partial charge in [0.05, 0.1) is 24.0 Å². The first-order valence-corrected chi connectivity index (χ1v) is 6.12. The van der Waals surface area contributed by atoms with Crippen molar-refractivity contribution in [3.63, 3.8) is 0 Å². The maximum atomic E-state index is 12.3. The molecule has 0 radical (unpaired) electrons. The number of nitrogens with two attached hydrogens (primary N) is 1. The van der Waals surface area contributed by atoms with Crippen LogP contribution >= 0.6 is 0 Å². The molecule has 0 saturated heterocycles. The first kappa shape index (κ1) is 13.1. The van der Waals surface area contributed by atoms with Crippen LogP contribution in [-0.2, 0) is 16.8 Å². The number of aromatic nitrogens is 2. The largest absolute Gasteiger partial charge is 0.399 e. The molecule has 0 bridgehead atoms. The molecule has 5 heteroatoms. The molecule has 0 fully saturated rings. The van der Waals surface area contributed by atoms with E-state index in [2.05, 4.69) is 15.3 Å². The minimum Gasteiger partial charge on any atom is -0.399 e. The average Bonchev–Trinajstić information content (AvgIpc) is 2.89. The molecule has 0 unspecified atom stereocenters. The molecule has 100 valence electrons. The summed E-state index contributed by atoms with van der Waals surface area (Å²) in [6, 6.07) is 7.37. The number of nitrogens with zero attached hydrogens (tertiary/aromatic N) is 1. The van der Waals surface area contributed by atoms with Gasteiger partial charge < -0.3 is 16.0 Å². The fourth-order valence-electron chi connectivity index (χ4n) is 1.81. The van der Waals surface area contributed by atoms with Crippen LogP contribution in [0, 0.1) is 0 Å². The fraction of sp³-hybridized carbons (Fsp3) is 0.286. The lowest BCUT2D eigenvalue weighted by Gasteiger charge is -2.24. The molecule has 0 aliphatic heterocycles. The Bertz CT molecular complexity index is 543. The summed E-state index contributed by atoms with van der Waals surface area (Å²) in [6.45, 7) is 4.22. The standard InChI is InChI=1S/C14H18N4O/c1-14(2,10-3-5-11(15)6-4-10)13(19)17-8-12-7-16-9-18-12/h3-7,9H,8,15H2,1-2H3,(H,16,18)(H,17,19). The highest BCUT2D eigenvalue weighted by Gasteiger charge is 2.29. The zero-order valence-electron chi connectivity index (χ0n) is 11.1. The van der Waals surface area contributed by atoms with Gasteiger partial charge in [0.25, 0.3) is 0 Å². The predicted octanol–water partition coefficient (Wildman–Crippen LogP) is 1.59. The molecule has 2 aromatic rings. The van der Waals surface area contributed by atoms with E-state index >= 15 is 0 Å². The first-order valence-electron chi connectivity index (χ1n) is 6.12. The third-order valence-electron chi connectivity index (χ3n) is 3.19. The number of rotatable bonds is 4. The van der Waals surface area contributed by atoms with E-state index in [1.165, 1.54) is 0 Å². The van der Waals surface area contributed by atoms with Crippen molar-refractivity contribution in [2.75, 3.05) is 5.73 Å². The summed E-state index contributed by atoms with van der Waals surface area (Å²) in [6.07, 6.45) is 3.28. The number of benzene rings is 1. The number of anilines is 1. The van der Waals surface area contributed by atoms with Crippen molar-refractivity contribution in [2.24, 2.45) is 0 Å². The maximum absolute atomic E-state index is 12.3. The Labute approximate surface area is 112 Å². The topological polar surface area (TPSA) is 83.8 Å². The second-order valence-electron chi connectivity index (χ2n) is 5.01. The van der Waals surface area contributed by atoms with Gasteiger partial charge in [-0.2, -0.15) is 0 Å². The highest BCUT2D eigenvalue weighted by atomic mass is 16.2. The van der Waals surface area contributed by atoms with Crippen LogP contribution in [0.25, 0.3) is 0 Å². The lowest BCUT2D eigenvalue weighted by atomic mass is 9.83. The summed E-state index contributed by atoms with van der Waals surface area (Å²) >= 11 is 0. The van der Waals surface area contributed by atoms with E-state index in [9.17, 15) is 4.79 Å². The Balaban J connectivity index is 2.06. The van der Waals surface area contributed by atoms with Crippen LogP contribution in [0.1, 0.15) is 25.1 Å². The summed E-state index contributed by atoms with van der Waals surface area (Å²) in [5.41, 5.74) is 7.56. The molecule has 1 aromatic carbocycles.